The van der Waals surface area contributed by atoms with E-state index < -0.39 is 0 Å². The molecule has 0 N–H and O–H groups in total. The molecule has 0 aliphatic rings. The van der Waals surface area contributed by atoms with E-state index in [4.69, 9.17) is 0 Å². The molecule has 0 atom stereocenters. The highest BCUT2D eigenvalue weighted by molar-refractivity contribution is 14.1. The van der Waals surface area contributed by atoms with Crippen molar-refractivity contribution < 1.29 is 4.79 Å². The summed E-state index contributed by atoms with van der Waals surface area (Å²) in [5, 5.41) is 1.00. The molecule has 0 unspecified atom stereocenters. The predicted molar refractivity (Wildman–Crippen MR) is 97.9 cm³/mol. The van der Waals surface area contributed by atoms with Crippen LogP contribution in [0.3, 0.4) is 0 Å². The van der Waals surface area contributed by atoms with Crippen LogP contribution < -0.4 is 0 Å². The van der Waals surface area contributed by atoms with Crippen LogP contribution in [0.4, 0.5) is 0 Å². The molecule has 4 heteroatoms. The molecule has 3 rings (SSSR count). The van der Waals surface area contributed by atoms with Crippen LogP contribution >= 0.6 is 38.5 Å². The van der Waals surface area contributed by atoms with Gasteiger partial charge in [0, 0.05) is 43.3 Å². The Labute approximate surface area is 145 Å². The molecule has 0 aliphatic carbocycles. The molecule has 2 aromatic carbocycles. The van der Waals surface area contributed by atoms with Crippen LogP contribution in [-0.2, 0) is 7.05 Å². The Morgan fingerprint density at radius 1 is 1.14 bits per heavy atom. The van der Waals surface area contributed by atoms with E-state index in [0.29, 0.717) is 0 Å². The molecule has 0 fully saturated rings. The van der Waals surface area contributed by atoms with Crippen molar-refractivity contribution in [1.82, 2.24) is 4.57 Å². The average Bonchev–Trinajstić information content (AvgIpc) is 2.78. The second kappa shape index (κ2) is 5.57. The minimum Gasteiger partial charge on any atom is -0.350 e. The number of benzene rings is 2. The second-order valence-electron chi connectivity index (χ2n) is 5.13. The van der Waals surface area contributed by atoms with Gasteiger partial charge in [-0.2, -0.15) is 0 Å². The molecular weight excluding hydrogens is 441 g/mol. The summed E-state index contributed by atoms with van der Waals surface area (Å²) in [6, 6.07) is 12.0. The highest BCUT2D eigenvalue weighted by atomic mass is 127. The molecule has 1 heterocycles. The molecule has 21 heavy (non-hydrogen) atoms. The van der Waals surface area contributed by atoms with Crippen molar-refractivity contribution in [2.45, 2.75) is 6.92 Å². The first-order valence-corrected chi connectivity index (χ1v) is 8.40. The number of hydrogen-bond donors (Lipinski definition) is 0. The van der Waals surface area contributed by atoms with Gasteiger partial charge in [-0.25, -0.2) is 0 Å². The van der Waals surface area contributed by atoms with Gasteiger partial charge in [-0.1, -0.05) is 28.1 Å². The van der Waals surface area contributed by atoms with Gasteiger partial charge in [0.15, 0.2) is 5.78 Å². The fourth-order valence-corrected chi connectivity index (χ4v) is 3.43. The Morgan fingerprint density at radius 3 is 2.67 bits per heavy atom. The summed E-state index contributed by atoms with van der Waals surface area (Å²) in [6.45, 7) is 2.06. The number of carbonyl (C=O) groups excluding carboxylic acids is 1. The van der Waals surface area contributed by atoms with Crippen molar-refractivity contribution in [3.8, 4) is 0 Å². The van der Waals surface area contributed by atoms with Crippen molar-refractivity contribution in [3.05, 3.63) is 67.3 Å². The van der Waals surface area contributed by atoms with Gasteiger partial charge < -0.3 is 4.57 Å². The number of hydrogen-bond acceptors (Lipinski definition) is 1. The summed E-state index contributed by atoms with van der Waals surface area (Å²) in [5.41, 5.74) is 3.77. The average molecular weight is 454 g/mol. The van der Waals surface area contributed by atoms with Gasteiger partial charge in [-0.05, 0) is 59.3 Å². The SMILES string of the molecule is Cc1ccc2c(C(=O)c3cc(Br)ccc3I)cn(C)c2c1. The molecule has 0 saturated heterocycles. The number of nitrogens with zero attached hydrogens (tertiary/aromatic N) is 1. The fraction of sp³-hybridized carbons (Fsp3) is 0.118. The zero-order valence-electron chi connectivity index (χ0n) is 11.7. The quantitative estimate of drug-likeness (QED) is 0.391. The van der Waals surface area contributed by atoms with E-state index in [1.54, 1.807) is 0 Å². The molecule has 1 aromatic heterocycles. The number of aromatic nitrogens is 1. The van der Waals surface area contributed by atoms with Gasteiger partial charge >= 0.3 is 0 Å². The van der Waals surface area contributed by atoms with Gasteiger partial charge in [-0.3, -0.25) is 4.79 Å². The minimum atomic E-state index is 0.0650. The highest BCUT2D eigenvalue weighted by Crippen LogP contribution is 2.27. The smallest absolute Gasteiger partial charge is 0.196 e. The highest BCUT2D eigenvalue weighted by Gasteiger charge is 2.18. The van der Waals surface area contributed by atoms with Crippen LogP contribution in [0.25, 0.3) is 10.9 Å². The predicted octanol–water partition coefficient (Wildman–Crippen LogP) is 5.08. The summed E-state index contributed by atoms with van der Waals surface area (Å²) < 4.78 is 3.90. The monoisotopic (exact) mass is 453 g/mol. The lowest BCUT2D eigenvalue weighted by molar-refractivity contribution is 0.103. The van der Waals surface area contributed by atoms with E-state index in [2.05, 4.69) is 51.5 Å². The lowest BCUT2D eigenvalue weighted by Gasteiger charge is -2.04. The van der Waals surface area contributed by atoms with Crippen LogP contribution in [0, 0.1) is 10.5 Å². The minimum absolute atomic E-state index is 0.0650. The summed E-state index contributed by atoms with van der Waals surface area (Å²) in [7, 11) is 1.98. The number of carbonyl (C=O) groups is 1. The third kappa shape index (κ3) is 2.66. The van der Waals surface area contributed by atoms with E-state index >= 15 is 0 Å². The summed E-state index contributed by atoms with van der Waals surface area (Å²) in [4.78, 5) is 12.9. The Kier molecular flexibility index (Phi) is 3.92. The normalized spacial score (nSPS) is 11.0. The molecule has 0 aliphatic heterocycles. The molecule has 0 spiro atoms. The second-order valence-corrected chi connectivity index (χ2v) is 7.21. The Morgan fingerprint density at radius 2 is 1.90 bits per heavy atom. The van der Waals surface area contributed by atoms with Gasteiger partial charge in [0.25, 0.3) is 0 Å². The van der Waals surface area contributed by atoms with Gasteiger partial charge in [0.1, 0.15) is 0 Å². The summed E-state index contributed by atoms with van der Waals surface area (Å²) in [5.74, 6) is 0.0650. The van der Waals surface area contributed by atoms with Crippen molar-refractivity contribution in [2.24, 2.45) is 7.05 Å². The van der Waals surface area contributed by atoms with Crippen molar-refractivity contribution >= 4 is 55.2 Å². The molecule has 2 nitrogen and oxygen atoms in total. The molecule has 106 valence electrons. The van der Waals surface area contributed by atoms with Crippen LogP contribution in [0.5, 0.6) is 0 Å². The van der Waals surface area contributed by atoms with Crippen LogP contribution in [0.1, 0.15) is 21.5 Å². The molecule has 0 bridgehead atoms. The number of halogens is 2. The van der Waals surface area contributed by atoms with E-state index in [-0.39, 0.29) is 5.78 Å². The maximum Gasteiger partial charge on any atom is 0.196 e. The van der Waals surface area contributed by atoms with Crippen molar-refractivity contribution in [2.75, 3.05) is 0 Å². The molecule has 0 radical (unpaired) electrons. The number of aryl methyl sites for hydroxylation is 2. The molecule has 0 saturated carbocycles. The van der Waals surface area contributed by atoms with E-state index in [1.807, 2.05) is 48.1 Å². The lowest BCUT2D eigenvalue weighted by atomic mass is 10.0. The number of ketones is 1. The number of fused-ring (bicyclic) bond motifs is 1. The Bertz CT molecular complexity index is 867. The molecular formula is C17H13BrINO. The maximum absolute atomic E-state index is 12.9. The van der Waals surface area contributed by atoms with Crippen LogP contribution in [-0.4, -0.2) is 10.4 Å². The lowest BCUT2D eigenvalue weighted by Crippen LogP contribution is -2.03. The van der Waals surface area contributed by atoms with E-state index in [1.165, 1.54) is 5.56 Å². The zero-order chi connectivity index (χ0) is 15.1. The Balaban J connectivity index is 2.21. The molecule has 0 amide bonds. The first-order valence-electron chi connectivity index (χ1n) is 6.53. The van der Waals surface area contributed by atoms with Gasteiger partial charge in [-0.15, -0.1) is 0 Å². The summed E-state index contributed by atoms with van der Waals surface area (Å²) >= 11 is 5.65. The molecule has 3 aromatic rings. The van der Waals surface area contributed by atoms with Crippen LogP contribution in [0.15, 0.2) is 47.1 Å². The zero-order valence-corrected chi connectivity index (χ0v) is 15.4. The van der Waals surface area contributed by atoms with Crippen LogP contribution in [0.2, 0.25) is 0 Å². The van der Waals surface area contributed by atoms with Crippen molar-refractivity contribution in [1.29, 1.82) is 0 Å². The Hall–Kier alpha value is -1.14. The van der Waals surface area contributed by atoms with E-state index in [0.717, 1.165) is 30.1 Å². The third-order valence-electron chi connectivity index (χ3n) is 3.56. The topological polar surface area (TPSA) is 22.0 Å². The van der Waals surface area contributed by atoms with Gasteiger partial charge in [0.05, 0.1) is 0 Å². The number of rotatable bonds is 2. The van der Waals surface area contributed by atoms with E-state index in [9.17, 15) is 4.79 Å². The largest absolute Gasteiger partial charge is 0.350 e. The fourth-order valence-electron chi connectivity index (χ4n) is 2.49. The standard InChI is InChI=1S/C17H13BrINO/c1-10-3-5-12-14(9-20(2)16(12)7-10)17(21)13-8-11(18)4-6-15(13)19/h3-9H,1-2H3. The summed E-state index contributed by atoms with van der Waals surface area (Å²) in [6.07, 6.45) is 1.92. The third-order valence-corrected chi connectivity index (χ3v) is 5.00. The van der Waals surface area contributed by atoms with Gasteiger partial charge in [0.2, 0.25) is 0 Å². The first-order chi connectivity index (χ1) is 9.97. The van der Waals surface area contributed by atoms with Crippen molar-refractivity contribution in [3.63, 3.8) is 0 Å². The maximum atomic E-state index is 12.9. The first kappa shape index (κ1) is 14.8.